The second kappa shape index (κ2) is 9.20. The van der Waals surface area contributed by atoms with Gasteiger partial charge in [0.25, 0.3) is 5.91 Å². The summed E-state index contributed by atoms with van der Waals surface area (Å²) >= 11 is 0. The van der Waals surface area contributed by atoms with Crippen LogP contribution in [-0.4, -0.2) is 60.0 Å². The van der Waals surface area contributed by atoms with Gasteiger partial charge in [-0.25, -0.2) is 4.98 Å². The van der Waals surface area contributed by atoms with E-state index in [9.17, 15) is 4.79 Å². The van der Waals surface area contributed by atoms with Crippen LogP contribution in [0.2, 0.25) is 0 Å². The molecule has 5 nitrogen and oxygen atoms in total. The lowest BCUT2D eigenvalue weighted by Gasteiger charge is -2.36. The fraction of sp³-hybridized carbons (Fsp3) is 0.478. The van der Waals surface area contributed by atoms with E-state index in [-0.39, 0.29) is 5.91 Å². The number of hydrogen-bond acceptors (Lipinski definition) is 4. The predicted molar refractivity (Wildman–Crippen MR) is 113 cm³/mol. The first-order valence-corrected chi connectivity index (χ1v) is 10.6. The normalized spacial score (nSPS) is 18.7. The Labute approximate surface area is 168 Å². The molecule has 1 aromatic heterocycles. The maximum atomic E-state index is 12.7. The molecule has 2 aromatic rings. The van der Waals surface area contributed by atoms with Crippen LogP contribution in [0.5, 0.6) is 0 Å². The zero-order chi connectivity index (χ0) is 19.2. The number of amides is 1. The lowest BCUT2D eigenvalue weighted by Crippen LogP contribution is -2.46. The average Bonchev–Trinajstić information content (AvgIpc) is 3.04. The summed E-state index contributed by atoms with van der Waals surface area (Å²) in [7, 11) is 0. The van der Waals surface area contributed by atoms with Gasteiger partial charge in [-0.3, -0.25) is 9.69 Å². The van der Waals surface area contributed by atoms with E-state index in [0.717, 1.165) is 64.3 Å². The van der Waals surface area contributed by atoms with Crippen LogP contribution in [0.4, 0.5) is 5.69 Å². The van der Waals surface area contributed by atoms with Crippen molar-refractivity contribution in [3.63, 3.8) is 0 Å². The van der Waals surface area contributed by atoms with Crippen LogP contribution < -0.4 is 4.90 Å². The van der Waals surface area contributed by atoms with Crippen molar-refractivity contribution in [1.82, 2.24) is 14.8 Å². The lowest BCUT2D eigenvalue weighted by molar-refractivity contribution is 0.0756. The highest BCUT2D eigenvalue weighted by atomic mass is 16.2. The van der Waals surface area contributed by atoms with Crippen molar-refractivity contribution < 1.29 is 4.79 Å². The highest BCUT2D eigenvalue weighted by Crippen LogP contribution is 2.18. The molecular formula is C23H30N4O. The molecule has 148 valence electrons. The van der Waals surface area contributed by atoms with Crippen LogP contribution >= 0.6 is 0 Å². The van der Waals surface area contributed by atoms with Crippen LogP contribution in [0.15, 0.2) is 48.7 Å². The average molecular weight is 379 g/mol. The molecule has 5 heteroatoms. The summed E-state index contributed by atoms with van der Waals surface area (Å²) in [5.74, 6) is 0.0844. The van der Waals surface area contributed by atoms with Gasteiger partial charge in [0.15, 0.2) is 0 Å². The van der Waals surface area contributed by atoms with Gasteiger partial charge in [0.05, 0.1) is 11.9 Å². The van der Waals surface area contributed by atoms with Gasteiger partial charge < -0.3 is 9.80 Å². The lowest BCUT2D eigenvalue weighted by atomic mass is 10.2. The summed E-state index contributed by atoms with van der Waals surface area (Å²) in [5.41, 5.74) is 3.06. The van der Waals surface area contributed by atoms with Crippen LogP contribution in [0.25, 0.3) is 0 Å². The van der Waals surface area contributed by atoms with Gasteiger partial charge in [-0.15, -0.1) is 0 Å². The van der Waals surface area contributed by atoms with Crippen molar-refractivity contribution in [1.29, 1.82) is 0 Å². The molecule has 4 rings (SSSR count). The van der Waals surface area contributed by atoms with E-state index in [1.165, 1.54) is 18.4 Å². The third-order valence-corrected chi connectivity index (χ3v) is 5.85. The van der Waals surface area contributed by atoms with Gasteiger partial charge >= 0.3 is 0 Å². The third kappa shape index (κ3) is 4.71. The number of hydrogen-bond donors (Lipinski definition) is 0. The third-order valence-electron chi connectivity index (χ3n) is 5.85. The fourth-order valence-electron chi connectivity index (χ4n) is 4.14. The molecule has 2 aliphatic rings. The highest BCUT2D eigenvalue weighted by molar-refractivity contribution is 5.92. The van der Waals surface area contributed by atoms with Crippen molar-refractivity contribution >= 4 is 11.6 Å². The van der Waals surface area contributed by atoms with Gasteiger partial charge in [-0.1, -0.05) is 43.2 Å². The maximum absolute atomic E-state index is 12.7. The first-order valence-electron chi connectivity index (χ1n) is 10.6. The Balaban J connectivity index is 1.31. The molecule has 1 aromatic carbocycles. The number of piperazine rings is 1. The van der Waals surface area contributed by atoms with E-state index in [1.807, 2.05) is 17.2 Å². The van der Waals surface area contributed by atoms with E-state index in [4.69, 9.17) is 0 Å². The molecule has 2 saturated heterocycles. The van der Waals surface area contributed by atoms with Gasteiger partial charge in [0, 0.05) is 45.8 Å². The molecule has 3 heterocycles. The molecule has 0 atom stereocenters. The summed E-state index contributed by atoms with van der Waals surface area (Å²) < 4.78 is 0. The minimum atomic E-state index is 0.0844. The highest BCUT2D eigenvalue weighted by Gasteiger charge is 2.20. The Hall–Kier alpha value is -2.40. The number of pyridine rings is 1. The molecule has 2 aliphatic heterocycles. The molecular weight excluding hydrogens is 348 g/mol. The molecule has 1 amide bonds. The van der Waals surface area contributed by atoms with Crippen LogP contribution in [0, 0.1) is 0 Å². The molecule has 28 heavy (non-hydrogen) atoms. The summed E-state index contributed by atoms with van der Waals surface area (Å²) in [6.07, 6.45) is 6.55. The first-order chi connectivity index (χ1) is 13.8. The smallest absolute Gasteiger partial charge is 0.272 e. The standard InChI is InChI=1S/C23H30N4O/c28-23(27-12-6-1-2-7-13-27)22-11-10-21(18-24-22)26-16-14-25(15-17-26)19-20-8-4-3-5-9-20/h3-5,8-11,18H,1-2,6-7,12-17,19H2. The number of anilines is 1. The summed E-state index contributed by atoms with van der Waals surface area (Å²) in [5, 5.41) is 0. The molecule has 0 bridgehead atoms. The second-order valence-corrected chi connectivity index (χ2v) is 7.86. The van der Waals surface area contributed by atoms with Crippen molar-refractivity contribution in [3.05, 3.63) is 59.9 Å². The SMILES string of the molecule is O=C(c1ccc(N2CCN(Cc3ccccc3)CC2)cn1)N1CCCCCC1. The molecule has 0 saturated carbocycles. The van der Waals surface area contributed by atoms with E-state index in [1.54, 1.807) is 0 Å². The molecule has 2 fully saturated rings. The molecule has 0 unspecified atom stereocenters. The largest absolute Gasteiger partial charge is 0.368 e. The van der Waals surface area contributed by atoms with Gasteiger partial charge in [-0.2, -0.15) is 0 Å². The Kier molecular flexibility index (Phi) is 6.22. The van der Waals surface area contributed by atoms with Crippen LogP contribution in [0.3, 0.4) is 0 Å². The molecule has 0 N–H and O–H groups in total. The second-order valence-electron chi connectivity index (χ2n) is 7.86. The Bertz CT molecular complexity index is 746. The van der Waals surface area contributed by atoms with Crippen molar-refractivity contribution in [2.24, 2.45) is 0 Å². The predicted octanol–water partition coefficient (Wildman–Crippen LogP) is 3.42. The van der Waals surface area contributed by atoms with Crippen LogP contribution in [-0.2, 0) is 6.54 Å². The number of aromatic nitrogens is 1. The minimum Gasteiger partial charge on any atom is -0.368 e. The van der Waals surface area contributed by atoms with E-state index < -0.39 is 0 Å². The zero-order valence-corrected chi connectivity index (χ0v) is 16.6. The quantitative estimate of drug-likeness (QED) is 0.817. The molecule has 0 spiro atoms. The number of carbonyl (C=O) groups is 1. The number of rotatable bonds is 4. The summed E-state index contributed by atoms with van der Waals surface area (Å²) in [4.78, 5) is 24.0. The zero-order valence-electron chi connectivity index (χ0n) is 16.6. The maximum Gasteiger partial charge on any atom is 0.272 e. The van der Waals surface area contributed by atoms with E-state index in [0.29, 0.717) is 5.69 Å². The van der Waals surface area contributed by atoms with E-state index >= 15 is 0 Å². The number of nitrogens with zero attached hydrogens (tertiary/aromatic N) is 4. The van der Waals surface area contributed by atoms with Crippen molar-refractivity contribution in [2.75, 3.05) is 44.2 Å². The van der Waals surface area contributed by atoms with Crippen molar-refractivity contribution in [3.8, 4) is 0 Å². The number of benzene rings is 1. The Morgan fingerprint density at radius 1 is 0.821 bits per heavy atom. The summed E-state index contributed by atoms with van der Waals surface area (Å²) in [6, 6.07) is 14.6. The molecule has 0 radical (unpaired) electrons. The van der Waals surface area contributed by atoms with Gasteiger partial charge in [0.1, 0.15) is 5.69 Å². The van der Waals surface area contributed by atoms with Gasteiger partial charge in [-0.05, 0) is 30.5 Å². The minimum absolute atomic E-state index is 0.0844. The first kappa shape index (κ1) is 18.9. The van der Waals surface area contributed by atoms with Crippen LogP contribution in [0.1, 0.15) is 41.7 Å². The topological polar surface area (TPSA) is 39.7 Å². The number of carbonyl (C=O) groups excluding carboxylic acids is 1. The van der Waals surface area contributed by atoms with Gasteiger partial charge in [0.2, 0.25) is 0 Å². The van der Waals surface area contributed by atoms with E-state index in [2.05, 4.69) is 51.2 Å². The summed E-state index contributed by atoms with van der Waals surface area (Å²) in [6.45, 7) is 6.82. The monoisotopic (exact) mass is 378 g/mol. The Morgan fingerprint density at radius 3 is 2.18 bits per heavy atom. The number of likely N-dealkylation sites (tertiary alicyclic amines) is 1. The fourth-order valence-corrected chi connectivity index (χ4v) is 4.14. The Morgan fingerprint density at radius 2 is 1.54 bits per heavy atom. The molecule has 0 aliphatic carbocycles. The van der Waals surface area contributed by atoms with Crippen molar-refractivity contribution in [2.45, 2.75) is 32.2 Å².